The quantitative estimate of drug-likeness (QED) is 0.666. The average Bonchev–Trinajstić information content (AvgIpc) is 3.10. The molecule has 1 aromatic carbocycles. The van der Waals surface area contributed by atoms with Gasteiger partial charge in [0.1, 0.15) is 11.3 Å². The minimum Gasteiger partial charge on any atom is -0.457 e. The topological polar surface area (TPSA) is 33.5 Å². The molecule has 0 unspecified atom stereocenters. The maximum atomic E-state index is 12.2. The third-order valence-corrected chi connectivity index (χ3v) is 4.57. The number of hydrogen-bond acceptors (Lipinski definition) is 3. The molecule has 0 aliphatic carbocycles. The number of hydrogen-bond donors (Lipinski definition) is 0. The van der Waals surface area contributed by atoms with Gasteiger partial charge >= 0.3 is 0 Å². The molecule has 112 valence electrons. The molecule has 0 aliphatic rings. The number of nitrogens with zero attached hydrogens (tertiary/aromatic N) is 1. The Morgan fingerprint density at radius 2 is 2.14 bits per heavy atom. The predicted octanol–water partition coefficient (Wildman–Crippen LogP) is 4.47. The van der Waals surface area contributed by atoms with E-state index in [9.17, 15) is 4.79 Å². The number of amides is 1. The van der Waals surface area contributed by atoms with E-state index >= 15 is 0 Å². The molecule has 0 spiro atoms. The highest BCUT2D eigenvalue weighted by atomic mass is 32.1. The highest BCUT2D eigenvalue weighted by molar-refractivity contribution is 7.10. The van der Waals surface area contributed by atoms with Crippen molar-refractivity contribution in [3.63, 3.8) is 0 Å². The summed E-state index contributed by atoms with van der Waals surface area (Å²) in [4.78, 5) is 15.1. The van der Waals surface area contributed by atoms with Crippen molar-refractivity contribution in [3.8, 4) is 0 Å². The molecule has 0 N–H and O–H groups in total. The van der Waals surface area contributed by atoms with Crippen LogP contribution < -0.4 is 0 Å². The van der Waals surface area contributed by atoms with Gasteiger partial charge in [-0.2, -0.15) is 0 Å². The summed E-state index contributed by atoms with van der Waals surface area (Å²) in [6.45, 7) is 2.70. The van der Waals surface area contributed by atoms with Gasteiger partial charge in [-0.05, 0) is 42.1 Å². The third-order valence-electron chi connectivity index (χ3n) is 3.56. The molecule has 0 atom stereocenters. The molecule has 2 heterocycles. The van der Waals surface area contributed by atoms with Crippen LogP contribution in [-0.4, -0.2) is 17.9 Å². The molecule has 1 amide bonds. The fourth-order valence-corrected chi connectivity index (χ4v) is 3.18. The van der Waals surface area contributed by atoms with E-state index in [4.69, 9.17) is 4.42 Å². The highest BCUT2D eigenvalue weighted by Crippen LogP contribution is 2.20. The van der Waals surface area contributed by atoms with Crippen molar-refractivity contribution in [1.29, 1.82) is 0 Å². The minimum absolute atomic E-state index is 0.0340. The molecule has 3 rings (SSSR count). The number of carbonyl (C=O) groups excluding carboxylic acids is 1. The number of rotatable bonds is 4. The van der Waals surface area contributed by atoms with Crippen molar-refractivity contribution >= 4 is 34.3 Å². The standard InChI is InChI=1S/C18H17NO2S/c1-13-9-10-22-17(13)12-19(2)18(20)8-7-15-11-14-5-3-4-6-16(14)21-15/h3-11H,12H2,1-2H3/b8-7+. The van der Waals surface area contributed by atoms with Crippen molar-refractivity contribution < 1.29 is 9.21 Å². The van der Waals surface area contributed by atoms with E-state index in [1.54, 1.807) is 28.4 Å². The van der Waals surface area contributed by atoms with Gasteiger partial charge in [-0.25, -0.2) is 0 Å². The van der Waals surface area contributed by atoms with Crippen molar-refractivity contribution in [1.82, 2.24) is 4.90 Å². The summed E-state index contributed by atoms with van der Waals surface area (Å²) in [5.41, 5.74) is 2.06. The summed E-state index contributed by atoms with van der Waals surface area (Å²) < 4.78 is 5.67. The Morgan fingerprint density at radius 3 is 2.86 bits per heavy atom. The number of para-hydroxylation sites is 1. The zero-order valence-electron chi connectivity index (χ0n) is 12.6. The van der Waals surface area contributed by atoms with Crippen LogP contribution in [0.4, 0.5) is 0 Å². The van der Waals surface area contributed by atoms with Crippen molar-refractivity contribution in [2.24, 2.45) is 0 Å². The lowest BCUT2D eigenvalue weighted by atomic mass is 10.2. The number of fused-ring (bicyclic) bond motifs is 1. The van der Waals surface area contributed by atoms with E-state index in [2.05, 4.69) is 13.0 Å². The van der Waals surface area contributed by atoms with E-state index in [0.29, 0.717) is 12.3 Å². The molecule has 0 bridgehead atoms. The Bertz CT molecular complexity index is 795. The Labute approximate surface area is 133 Å². The summed E-state index contributed by atoms with van der Waals surface area (Å²) >= 11 is 1.68. The van der Waals surface area contributed by atoms with Gasteiger partial charge in [-0.3, -0.25) is 4.79 Å². The zero-order chi connectivity index (χ0) is 15.5. The Kier molecular flexibility index (Phi) is 4.11. The van der Waals surface area contributed by atoms with Gasteiger partial charge in [-0.15, -0.1) is 11.3 Å². The second-order valence-corrected chi connectivity index (χ2v) is 6.24. The molecular formula is C18H17NO2S. The maximum Gasteiger partial charge on any atom is 0.246 e. The minimum atomic E-state index is -0.0340. The monoisotopic (exact) mass is 311 g/mol. The average molecular weight is 311 g/mol. The van der Waals surface area contributed by atoms with Crippen LogP contribution in [0.5, 0.6) is 0 Å². The summed E-state index contributed by atoms with van der Waals surface area (Å²) in [7, 11) is 1.81. The molecule has 22 heavy (non-hydrogen) atoms. The van der Waals surface area contributed by atoms with Crippen LogP contribution in [0, 0.1) is 6.92 Å². The second kappa shape index (κ2) is 6.20. The molecular weight excluding hydrogens is 294 g/mol. The first-order valence-electron chi connectivity index (χ1n) is 7.08. The van der Waals surface area contributed by atoms with Gasteiger partial charge in [0.15, 0.2) is 0 Å². The first kappa shape index (κ1) is 14.6. The molecule has 3 aromatic rings. The number of benzene rings is 1. The van der Waals surface area contributed by atoms with Crippen LogP contribution in [0.3, 0.4) is 0 Å². The van der Waals surface area contributed by atoms with Crippen molar-refractivity contribution in [2.45, 2.75) is 13.5 Å². The normalized spacial score (nSPS) is 11.4. The molecule has 0 saturated carbocycles. The van der Waals surface area contributed by atoms with Gasteiger partial charge in [0.2, 0.25) is 5.91 Å². The van der Waals surface area contributed by atoms with E-state index in [0.717, 1.165) is 11.0 Å². The number of carbonyl (C=O) groups is 1. The summed E-state index contributed by atoms with van der Waals surface area (Å²) in [6, 6.07) is 11.8. The van der Waals surface area contributed by atoms with E-state index in [1.165, 1.54) is 10.4 Å². The molecule has 0 fully saturated rings. The molecule has 2 aromatic heterocycles. The van der Waals surface area contributed by atoms with Crippen LogP contribution in [-0.2, 0) is 11.3 Å². The predicted molar refractivity (Wildman–Crippen MR) is 90.8 cm³/mol. The smallest absolute Gasteiger partial charge is 0.246 e. The number of aryl methyl sites for hydroxylation is 1. The third kappa shape index (κ3) is 3.12. The maximum absolute atomic E-state index is 12.2. The SMILES string of the molecule is Cc1ccsc1CN(C)C(=O)/C=C/c1cc2ccccc2o1. The number of likely N-dealkylation sites (N-methyl/N-ethyl adjacent to an activating group) is 1. The van der Waals surface area contributed by atoms with Crippen molar-refractivity contribution in [2.75, 3.05) is 7.05 Å². The second-order valence-electron chi connectivity index (χ2n) is 5.24. The van der Waals surface area contributed by atoms with Crippen LogP contribution in [0.25, 0.3) is 17.0 Å². The molecule has 4 heteroatoms. The summed E-state index contributed by atoms with van der Waals surface area (Å²) in [5.74, 6) is 0.656. The van der Waals surface area contributed by atoms with E-state index < -0.39 is 0 Å². The van der Waals surface area contributed by atoms with E-state index in [-0.39, 0.29) is 5.91 Å². The molecule has 3 nitrogen and oxygen atoms in total. The fraction of sp³-hybridized carbons (Fsp3) is 0.167. The summed E-state index contributed by atoms with van der Waals surface area (Å²) in [5, 5.41) is 3.09. The Morgan fingerprint density at radius 1 is 1.32 bits per heavy atom. The first-order chi connectivity index (χ1) is 10.6. The lowest BCUT2D eigenvalue weighted by molar-refractivity contribution is -0.125. The molecule has 0 radical (unpaired) electrons. The van der Waals surface area contributed by atoms with Crippen LogP contribution in [0.1, 0.15) is 16.2 Å². The molecule has 0 saturated heterocycles. The van der Waals surface area contributed by atoms with Gasteiger partial charge in [0, 0.05) is 23.4 Å². The van der Waals surface area contributed by atoms with Crippen LogP contribution >= 0.6 is 11.3 Å². The number of thiophene rings is 1. The van der Waals surface area contributed by atoms with Gasteiger partial charge in [-0.1, -0.05) is 18.2 Å². The van der Waals surface area contributed by atoms with Gasteiger partial charge < -0.3 is 9.32 Å². The number of furan rings is 1. The van der Waals surface area contributed by atoms with Crippen LogP contribution in [0.2, 0.25) is 0 Å². The lowest BCUT2D eigenvalue weighted by Gasteiger charge is -2.14. The largest absolute Gasteiger partial charge is 0.457 e. The van der Waals surface area contributed by atoms with Crippen LogP contribution in [0.15, 0.2) is 52.3 Å². The Balaban J connectivity index is 1.68. The van der Waals surface area contributed by atoms with Gasteiger partial charge in [0.25, 0.3) is 0 Å². The Hall–Kier alpha value is -2.33. The fourth-order valence-electron chi connectivity index (χ4n) is 2.22. The molecule has 0 aliphatic heterocycles. The lowest BCUT2D eigenvalue weighted by Crippen LogP contribution is -2.23. The first-order valence-corrected chi connectivity index (χ1v) is 7.96. The summed E-state index contributed by atoms with van der Waals surface area (Å²) in [6.07, 6.45) is 3.28. The van der Waals surface area contributed by atoms with Crippen molar-refractivity contribution in [3.05, 3.63) is 64.1 Å². The highest BCUT2D eigenvalue weighted by Gasteiger charge is 2.09. The van der Waals surface area contributed by atoms with E-state index in [1.807, 2.05) is 42.8 Å². The van der Waals surface area contributed by atoms with Gasteiger partial charge in [0.05, 0.1) is 6.54 Å². The zero-order valence-corrected chi connectivity index (χ0v) is 13.4.